The van der Waals surface area contributed by atoms with Gasteiger partial charge < -0.3 is 10.6 Å². The van der Waals surface area contributed by atoms with Crippen LogP contribution in [0.25, 0.3) is 0 Å². The Balaban J connectivity index is 1.48. The number of para-hydroxylation sites is 1. The van der Waals surface area contributed by atoms with Gasteiger partial charge in [0.1, 0.15) is 0 Å². The van der Waals surface area contributed by atoms with E-state index in [2.05, 4.69) is 10.6 Å². The molecule has 1 aliphatic rings. The molecule has 182 valence electrons. The molecule has 2 N–H and O–H groups in total. The van der Waals surface area contributed by atoms with Crippen molar-refractivity contribution in [3.63, 3.8) is 0 Å². The summed E-state index contributed by atoms with van der Waals surface area (Å²) in [5.74, 6) is -0.773. The molecule has 0 bridgehead atoms. The molecule has 0 saturated carbocycles. The van der Waals surface area contributed by atoms with E-state index < -0.39 is 15.9 Å². The van der Waals surface area contributed by atoms with Crippen molar-refractivity contribution in [2.75, 3.05) is 25.0 Å². The molecule has 8 heteroatoms. The van der Waals surface area contributed by atoms with Crippen LogP contribution in [0.3, 0.4) is 0 Å². The van der Waals surface area contributed by atoms with Gasteiger partial charge in [0.05, 0.1) is 16.1 Å². The number of carbonyl (C=O) groups excluding carboxylic acids is 2. The molecule has 0 aromatic heterocycles. The van der Waals surface area contributed by atoms with Crippen molar-refractivity contribution < 1.29 is 18.0 Å². The zero-order valence-electron chi connectivity index (χ0n) is 19.7. The molecule has 0 spiro atoms. The summed E-state index contributed by atoms with van der Waals surface area (Å²) in [6.45, 7) is 3.16. The Labute approximate surface area is 206 Å². The van der Waals surface area contributed by atoms with Crippen LogP contribution in [0.5, 0.6) is 0 Å². The standard InChI is InChI=1S/C27H29N3O4S/c1-20-13-14-22(19-25(20)35(33,34)30-17-7-8-18-30)26(31)29-24-12-6-5-11-23(24)27(32)28-16-15-21-9-3-2-4-10-21/h2-6,9-14,19H,7-8,15-18H2,1H3,(H,28,32)(H,29,31). The molecule has 1 saturated heterocycles. The zero-order chi connectivity index (χ0) is 24.8. The fraction of sp³-hybridized carbons (Fsp3) is 0.259. The van der Waals surface area contributed by atoms with Gasteiger partial charge in [-0.1, -0.05) is 48.5 Å². The van der Waals surface area contributed by atoms with Crippen molar-refractivity contribution in [1.82, 2.24) is 9.62 Å². The Bertz CT molecular complexity index is 1320. The first kappa shape index (κ1) is 24.6. The van der Waals surface area contributed by atoms with E-state index in [-0.39, 0.29) is 16.4 Å². The molecule has 1 aliphatic heterocycles. The Morgan fingerprint density at radius 2 is 1.57 bits per heavy atom. The Hall–Kier alpha value is -3.49. The van der Waals surface area contributed by atoms with Gasteiger partial charge >= 0.3 is 0 Å². The number of rotatable bonds is 8. The molecule has 0 atom stereocenters. The third-order valence-electron chi connectivity index (χ3n) is 6.10. The van der Waals surface area contributed by atoms with E-state index in [4.69, 9.17) is 0 Å². The Morgan fingerprint density at radius 1 is 0.886 bits per heavy atom. The second kappa shape index (κ2) is 10.8. The van der Waals surface area contributed by atoms with Crippen LogP contribution in [0.2, 0.25) is 0 Å². The van der Waals surface area contributed by atoms with Crippen LogP contribution >= 0.6 is 0 Å². The first-order valence-electron chi connectivity index (χ1n) is 11.7. The molecule has 1 heterocycles. The first-order chi connectivity index (χ1) is 16.9. The predicted molar refractivity (Wildman–Crippen MR) is 136 cm³/mol. The van der Waals surface area contributed by atoms with Crippen LogP contribution in [0.1, 0.15) is 44.7 Å². The monoisotopic (exact) mass is 491 g/mol. The van der Waals surface area contributed by atoms with Gasteiger partial charge in [-0.2, -0.15) is 4.31 Å². The van der Waals surface area contributed by atoms with Crippen molar-refractivity contribution in [1.29, 1.82) is 0 Å². The number of sulfonamides is 1. The van der Waals surface area contributed by atoms with Gasteiger partial charge in [0, 0.05) is 25.2 Å². The van der Waals surface area contributed by atoms with E-state index >= 15 is 0 Å². The quantitative estimate of drug-likeness (QED) is 0.498. The van der Waals surface area contributed by atoms with Crippen LogP contribution in [0.4, 0.5) is 5.69 Å². The van der Waals surface area contributed by atoms with Crippen LogP contribution in [-0.4, -0.2) is 44.2 Å². The summed E-state index contributed by atoms with van der Waals surface area (Å²) < 4.78 is 27.6. The van der Waals surface area contributed by atoms with Crippen molar-refractivity contribution >= 4 is 27.5 Å². The lowest BCUT2D eigenvalue weighted by Crippen LogP contribution is -2.29. The minimum atomic E-state index is -3.66. The van der Waals surface area contributed by atoms with E-state index in [0.29, 0.717) is 42.9 Å². The van der Waals surface area contributed by atoms with Gasteiger partial charge in [-0.3, -0.25) is 9.59 Å². The normalized spacial score (nSPS) is 14.0. The Morgan fingerprint density at radius 3 is 2.31 bits per heavy atom. The number of amides is 2. The molecule has 3 aromatic rings. The summed E-state index contributed by atoms with van der Waals surface area (Å²) in [5, 5.41) is 5.67. The molecule has 4 rings (SSSR count). The topological polar surface area (TPSA) is 95.6 Å². The molecule has 3 aromatic carbocycles. The molecule has 0 radical (unpaired) electrons. The lowest BCUT2D eigenvalue weighted by Gasteiger charge is -2.18. The number of carbonyl (C=O) groups is 2. The molecule has 35 heavy (non-hydrogen) atoms. The summed E-state index contributed by atoms with van der Waals surface area (Å²) in [7, 11) is -3.66. The number of hydrogen-bond donors (Lipinski definition) is 2. The molecule has 1 fully saturated rings. The van der Waals surface area contributed by atoms with Crippen LogP contribution in [0, 0.1) is 6.92 Å². The van der Waals surface area contributed by atoms with Gasteiger partial charge in [0.25, 0.3) is 11.8 Å². The lowest BCUT2D eigenvalue weighted by molar-refractivity contribution is 0.0955. The molecular formula is C27H29N3O4S. The van der Waals surface area contributed by atoms with Gasteiger partial charge in [-0.15, -0.1) is 0 Å². The molecule has 0 aliphatic carbocycles. The average molecular weight is 492 g/mol. The second-order valence-electron chi connectivity index (χ2n) is 8.58. The fourth-order valence-electron chi connectivity index (χ4n) is 4.13. The predicted octanol–water partition coefficient (Wildman–Crippen LogP) is 4.00. The largest absolute Gasteiger partial charge is 0.352 e. The van der Waals surface area contributed by atoms with Crippen LogP contribution in [-0.2, 0) is 16.4 Å². The summed E-state index contributed by atoms with van der Waals surface area (Å²) in [5.41, 5.74) is 2.62. The third kappa shape index (κ3) is 5.78. The highest BCUT2D eigenvalue weighted by molar-refractivity contribution is 7.89. The summed E-state index contributed by atoms with van der Waals surface area (Å²) >= 11 is 0. The minimum Gasteiger partial charge on any atom is -0.352 e. The van der Waals surface area contributed by atoms with Crippen molar-refractivity contribution in [2.24, 2.45) is 0 Å². The van der Waals surface area contributed by atoms with Gasteiger partial charge in [0.2, 0.25) is 10.0 Å². The van der Waals surface area contributed by atoms with Gasteiger partial charge in [-0.05, 0) is 61.6 Å². The van der Waals surface area contributed by atoms with Crippen molar-refractivity contribution in [2.45, 2.75) is 31.1 Å². The smallest absolute Gasteiger partial charge is 0.255 e. The third-order valence-corrected chi connectivity index (χ3v) is 8.14. The molecule has 2 amide bonds. The molecular weight excluding hydrogens is 462 g/mol. The van der Waals surface area contributed by atoms with E-state index in [0.717, 1.165) is 18.4 Å². The highest BCUT2D eigenvalue weighted by Gasteiger charge is 2.29. The maximum atomic E-state index is 13.1. The van der Waals surface area contributed by atoms with Crippen LogP contribution < -0.4 is 10.6 Å². The van der Waals surface area contributed by atoms with E-state index in [1.807, 2.05) is 30.3 Å². The maximum absolute atomic E-state index is 13.1. The zero-order valence-corrected chi connectivity index (χ0v) is 20.5. The van der Waals surface area contributed by atoms with Crippen LogP contribution in [0.15, 0.2) is 77.7 Å². The highest BCUT2D eigenvalue weighted by atomic mass is 32.2. The molecule has 7 nitrogen and oxygen atoms in total. The summed E-state index contributed by atoms with van der Waals surface area (Å²) in [4.78, 5) is 26.0. The minimum absolute atomic E-state index is 0.138. The number of hydrogen-bond acceptors (Lipinski definition) is 4. The van der Waals surface area contributed by atoms with Crippen molar-refractivity contribution in [3.8, 4) is 0 Å². The number of nitrogens with one attached hydrogen (secondary N) is 2. The maximum Gasteiger partial charge on any atom is 0.255 e. The average Bonchev–Trinajstić information content (AvgIpc) is 3.41. The number of aryl methyl sites for hydroxylation is 1. The Kier molecular flexibility index (Phi) is 7.63. The second-order valence-corrected chi connectivity index (χ2v) is 10.5. The van der Waals surface area contributed by atoms with Gasteiger partial charge in [0.15, 0.2) is 0 Å². The van der Waals surface area contributed by atoms with Crippen molar-refractivity contribution in [3.05, 3.63) is 95.1 Å². The first-order valence-corrected chi connectivity index (χ1v) is 13.1. The fourth-order valence-corrected chi connectivity index (χ4v) is 5.90. The van der Waals surface area contributed by atoms with E-state index in [1.54, 1.807) is 43.3 Å². The van der Waals surface area contributed by atoms with E-state index in [9.17, 15) is 18.0 Å². The molecule has 0 unspecified atom stereocenters. The summed E-state index contributed by atoms with van der Waals surface area (Å²) in [6, 6.07) is 21.3. The SMILES string of the molecule is Cc1ccc(C(=O)Nc2ccccc2C(=O)NCCc2ccccc2)cc1S(=O)(=O)N1CCCC1. The van der Waals surface area contributed by atoms with E-state index in [1.165, 1.54) is 10.4 Å². The van der Waals surface area contributed by atoms with Gasteiger partial charge in [-0.25, -0.2) is 8.42 Å². The summed E-state index contributed by atoms with van der Waals surface area (Å²) in [6.07, 6.45) is 2.37. The lowest BCUT2D eigenvalue weighted by atomic mass is 10.1. The highest BCUT2D eigenvalue weighted by Crippen LogP contribution is 2.25. The number of nitrogens with zero attached hydrogens (tertiary/aromatic N) is 1. The number of anilines is 1. The number of benzene rings is 3.